The Kier molecular flexibility index (Phi) is 6.58. The van der Waals surface area contributed by atoms with Gasteiger partial charge >= 0.3 is 5.97 Å². The van der Waals surface area contributed by atoms with Gasteiger partial charge in [0.25, 0.3) is 5.91 Å². The number of aromatic nitrogens is 2. The van der Waals surface area contributed by atoms with Crippen molar-refractivity contribution in [3.63, 3.8) is 0 Å². The Balaban J connectivity index is 1.85. The van der Waals surface area contributed by atoms with Gasteiger partial charge in [0.1, 0.15) is 0 Å². The van der Waals surface area contributed by atoms with Crippen molar-refractivity contribution in [3.05, 3.63) is 17.5 Å². The molecule has 1 aromatic rings. The van der Waals surface area contributed by atoms with E-state index in [1.807, 2.05) is 23.4 Å². The predicted molar refractivity (Wildman–Crippen MR) is 95.6 cm³/mol. The minimum atomic E-state index is -0.807. The fourth-order valence-corrected chi connectivity index (χ4v) is 3.22. The van der Waals surface area contributed by atoms with Crippen molar-refractivity contribution in [1.29, 1.82) is 0 Å². The Morgan fingerprint density at radius 3 is 2.68 bits per heavy atom. The van der Waals surface area contributed by atoms with Crippen LogP contribution in [0.5, 0.6) is 0 Å². The van der Waals surface area contributed by atoms with Crippen LogP contribution in [0.4, 0.5) is 0 Å². The Morgan fingerprint density at radius 2 is 2.12 bits per heavy atom. The standard InChI is InChI=1S/C18H30N4O3/c1-5-21(11-17(23)24)15-8-14(9-15)20-18(25)16-10-19-22(13(16)4)7-6-12(2)3/h10,12,14-15H,5-9,11H2,1-4H3,(H,20,25)(H,23,24). The average molecular weight is 350 g/mol. The molecule has 1 aromatic heterocycles. The van der Waals surface area contributed by atoms with Crippen molar-refractivity contribution in [2.45, 2.75) is 65.6 Å². The van der Waals surface area contributed by atoms with Crippen LogP contribution in [-0.4, -0.2) is 56.8 Å². The Bertz CT molecular complexity index is 605. The van der Waals surface area contributed by atoms with Gasteiger partial charge in [0.15, 0.2) is 0 Å². The molecule has 7 nitrogen and oxygen atoms in total. The minimum Gasteiger partial charge on any atom is -0.480 e. The van der Waals surface area contributed by atoms with E-state index in [1.54, 1.807) is 6.20 Å². The van der Waals surface area contributed by atoms with Crippen molar-refractivity contribution in [3.8, 4) is 0 Å². The monoisotopic (exact) mass is 350 g/mol. The number of likely N-dealkylation sites (N-methyl/N-ethyl adjacent to an activating group) is 1. The van der Waals surface area contributed by atoms with Crippen LogP contribution in [0.15, 0.2) is 6.20 Å². The largest absolute Gasteiger partial charge is 0.480 e. The van der Waals surface area contributed by atoms with Gasteiger partial charge in [0.2, 0.25) is 0 Å². The van der Waals surface area contributed by atoms with Gasteiger partial charge in [-0.3, -0.25) is 19.2 Å². The van der Waals surface area contributed by atoms with Gasteiger partial charge in [0.05, 0.1) is 18.3 Å². The summed E-state index contributed by atoms with van der Waals surface area (Å²) in [6.45, 7) is 9.82. The molecule has 0 spiro atoms. The highest BCUT2D eigenvalue weighted by Crippen LogP contribution is 2.26. The normalized spacial score (nSPS) is 19.9. The maximum atomic E-state index is 12.5. The summed E-state index contributed by atoms with van der Waals surface area (Å²) in [7, 11) is 0. The van der Waals surface area contributed by atoms with Gasteiger partial charge < -0.3 is 10.4 Å². The van der Waals surface area contributed by atoms with Gasteiger partial charge in [0, 0.05) is 24.3 Å². The number of carbonyl (C=O) groups is 2. The van der Waals surface area contributed by atoms with Crippen LogP contribution in [0.25, 0.3) is 0 Å². The number of carboxylic acid groups (broad SMARTS) is 1. The number of aryl methyl sites for hydroxylation is 1. The number of hydrogen-bond donors (Lipinski definition) is 2. The van der Waals surface area contributed by atoms with E-state index in [-0.39, 0.29) is 24.5 Å². The molecular formula is C18H30N4O3. The molecule has 0 atom stereocenters. The molecule has 2 rings (SSSR count). The minimum absolute atomic E-state index is 0.0591. The number of amides is 1. The number of nitrogens with zero attached hydrogens (tertiary/aromatic N) is 3. The first kappa shape index (κ1) is 19.4. The summed E-state index contributed by atoms with van der Waals surface area (Å²) in [5.41, 5.74) is 1.53. The lowest BCUT2D eigenvalue weighted by molar-refractivity contribution is -0.139. The maximum absolute atomic E-state index is 12.5. The second-order valence-electron chi connectivity index (χ2n) is 7.30. The number of carbonyl (C=O) groups excluding carboxylic acids is 1. The van der Waals surface area contributed by atoms with Crippen molar-refractivity contribution in [2.75, 3.05) is 13.1 Å². The lowest BCUT2D eigenvalue weighted by Crippen LogP contribution is -2.54. The first-order valence-electron chi connectivity index (χ1n) is 9.10. The molecule has 1 aliphatic rings. The molecule has 7 heteroatoms. The molecule has 0 aliphatic heterocycles. The third kappa shape index (κ3) is 5.04. The molecular weight excluding hydrogens is 320 g/mol. The number of rotatable bonds is 9. The summed E-state index contributed by atoms with van der Waals surface area (Å²) < 4.78 is 1.89. The Morgan fingerprint density at radius 1 is 1.44 bits per heavy atom. The molecule has 1 heterocycles. The molecule has 0 radical (unpaired) electrons. The van der Waals surface area contributed by atoms with Crippen LogP contribution in [0.1, 0.15) is 56.1 Å². The van der Waals surface area contributed by atoms with E-state index >= 15 is 0 Å². The molecule has 140 valence electrons. The van der Waals surface area contributed by atoms with E-state index in [0.717, 1.165) is 31.5 Å². The molecule has 2 N–H and O–H groups in total. The van der Waals surface area contributed by atoms with Crippen LogP contribution in [0.3, 0.4) is 0 Å². The third-order valence-electron chi connectivity index (χ3n) is 4.98. The van der Waals surface area contributed by atoms with Crippen molar-refractivity contribution in [2.24, 2.45) is 5.92 Å². The second kappa shape index (κ2) is 8.47. The topological polar surface area (TPSA) is 87.5 Å². The van der Waals surface area contributed by atoms with Gasteiger partial charge in [-0.1, -0.05) is 20.8 Å². The van der Waals surface area contributed by atoms with E-state index in [1.165, 1.54) is 0 Å². The summed E-state index contributed by atoms with van der Waals surface area (Å²) in [5.74, 6) is -0.295. The molecule has 1 saturated carbocycles. The molecule has 1 aliphatic carbocycles. The van der Waals surface area contributed by atoms with Crippen molar-refractivity contribution < 1.29 is 14.7 Å². The van der Waals surface area contributed by atoms with Gasteiger partial charge in [-0.15, -0.1) is 0 Å². The summed E-state index contributed by atoms with van der Waals surface area (Å²) in [4.78, 5) is 25.3. The molecule has 0 saturated heterocycles. The zero-order chi connectivity index (χ0) is 18.6. The van der Waals surface area contributed by atoms with Gasteiger partial charge in [-0.2, -0.15) is 5.10 Å². The average Bonchev–Trinajstić information content (AvgIpc) is 2.87. The fourth-order valence-electron chi connectivity index (χ4n) is 3.22. The number of nitrogens with one attached hydrogen (secondary N) is 1. The molecule has 0 aromatic carbocycles. The summed E-state index contributed by atoms with van der Waals surface area (Å²) >= 11 is 0. The van der Waals surface area contributed by atoms with Gasteiger partial charge in [-0.25, -0.2) is 0 Å². The lowest BCUT2D eigenvalue weighted by Gasteiger charge is -2.42. The molecule has 1 fully saturated rings. The van der Waals surface area contributed by atoms with Crippen LogP contribution >= 0.6 is 0 Å². The fraction of sp³-hybridized carbons (Fsp3) is 0.722. The summed E-state index contributed by atoms with van der Waals surface area (Å²) in [6, 6.07) is 0.347. The van der Waals surface area contributed by atoms with Crippen LogP contribution < -0.4 is 5.32 Å². The molecule has 0 unspecified atom stereocenters. The summed E-state index contributed by atoms with van der Waals surface area (Å²) in [6.07, 6.45) is 4.27. The molecule has 0 bridgehead atoms. The Labute approximate surface area is 149 Å². The molecule has 1 amide bonds. The zero-order valence-electron chi connectivity index (χ0n) is 15.7. The maximum Gasteiger partial charge on any atom is 0.317 e. The number of aliphatic carboxylic acids is 1. The van der Waals surface area contributed by atoms with Crippen LogP contribution in [0, 0.1) is 12.8 Å². The van der Waals surface area contributed by atoms with Crippen molar-refractivity contribution >= 4 is 11.9 Å². The predicted octanol–water partition coefficient (Wildman–Crippen LogP) is 1.90. The highest BCUT2D eigenvalue weighted by atomic mass is 16.4. The van der Waals surface area contributed by atoms with Crippen LogP contribution in [0.2, 0.25) is 0 Å². The first-order chi connectivity index (χ1) is 11.8. The first-order valence-corrected chi connectivity index (χ1v) is 9.10. The third-order valence-corrected chi connectivity index (χ3v) is 4.98. The highest BCUT2D eigenvalue weighted by Gasteiger charge is 2.35. The second-order valence-corrected chi connectivity index (χ2v) is 7.30. The lowest BCUT2D eigenvalue weighted by atomic mass is 9.85. The smallest absolute Gasteiger partial charge is 0.317 e. The number of carboxylic acids is 1. The highest BCUT2D eigenvalue weighted by molar-refractivity contribution is 5.95. The number of hydrogen-bond acceptors (Lipinski definition) is 4. The zero-order valence-corrected chi connectivity index (χ0v) is 15.7. The SMILES string of the molecule is CCN(CC(=O)O)C1CC(NC(=O)c2cnn(CCC(C)C)c2C)C1. The van der Waals surface area contributed by atoms with Crippen molar-refractivity contribution in [1.82, 2.24) is 20.0 Å². The van der Waals surface area contributed by atoms with E-state index in [4.69, 9.17) is 5.11 Å². The van der Waals surface area contributed by atoms with Crippen LogP contribution in [-0.2, 0) is 11.3 Å². The Hall–Kier alpha value is -1.89. The van der Waals surface area contributed by atoms with E-state index in [2.05, 4.69) is 24.3 Å². The summed E-state index contributed by atoms with van der Waals surface area (Å²) in [5, 5.41) is 16.3. The van der Waals surface area contributed by atoms with Gasteiger partial charge in [-0.05, 0) is 38.6 Å². The molecule has 25 heavy (non-hydrogen) atoms. The van der Waals surface area contributed by atoms with E-state index in [9.17, 15) is 9.59 Å². The van der Waals surface area contributed by atoms with E-state index in [0.29, 0.717) is 18.0 Å². The van der Waals surface area contributed by atoms with E-state index < -0.39 is 5.97 Å². The quantitative estimate of drug-likeness (QED) is 0.710.